The third-order valence-electron chi connectivity index (χ3n) is 3.23. The van der Waals surface area contributed by atoms with Gasteiger partial charge in [0, 0.05) is 19.9 Å². The maximum Gasteiger partial charge on any atom is 0.220 e. The fourth-order valence-corrected chi connectivity index (χ4v) is 3.02. The molecule has 0 saturated heterocycles. The van der Waals surface area contributed by atoms with E-state index in [1.165, 1.54) is 6.92 Å². The SMILES string of the molecule is CC(=O)NCCCCCC(=O)NCc1nc2ccccc2s1. The number of hydrogen-bond donors (Lipinski definition) is 2. The molecule has 0 aliphatic rings. The fourth-order valence-electron chi connectivity index (χ4n) is 2.11. The topological polar surface area (TPSA) is 71.1 Å². The molecule has 0 aliphatic heterocycles. The summed E-state index contributed by atoms with van der Waals surface area (Å²) < 4.78 is 1.14. The Morgan fingerprint density at radius 2 is 1.95 bits per heavy atom. The monoisotopic (exact) mass is 319 g/mol. The summed E-state index contributed by atoms with van der Waals surface area (Å²) in [5.74, 6) is 0.0485. The Morgan fingerprint density at radius 1 is 1.14 bits per heavy atom. The maximum atomic E-state index is 11.8. The number of nitrogens with one attached hydrogen (secondary N) is 2. The Morgan fingerprint density at radius 3 is 2.73 bits per heavy atom. The third-order valence-corrected chi connectivity index (χ3v) is 4.27. The molecule has 0 saturated carbocycles. The van der Waals surface area contributed by atoms with E-state index in [0.29, 0.717) is 19.5 Å². The molecule has 2 N–H and O–H groups in total. The molecule has 2 rings (SSSR count). The van der Waals surface area contributed by atoms with E-state index in [1.807, 2.05) is 24.3 Å². The van der Waals surface area contributed by atoms with Crippen LogP contribution >= 0.6 is 11.3 Å². The van der Waals surface area contributed by atoms with Crippen molar-refractivity contribution in [1.82, 2.24) is 15.6 Å². The van der Waals surface area contributed by atoms with Crippen LogP contribution in [0.5, 0.6) is 0 Å². The first-order valence-corrected chi connectivity index (χ1v) is 8.32. The predicted octanol–water partition coefficient (Wildman–Crippen LogP) is 2.61. The highest BCUT2D eigenvalue weighted by atomic mass is 32.1. The van der Waals surface area contributed by atoms with E-state index in [4.69, 9.17) is 0 Å². The minimum atomic E-state index is -0.00595. The highest BCUT2D eigenvalue weighted by Crippen LogP contribution is 2.21. The highest BCUT2D eigenvalue weighted by Gasteiger charge is 2.05. The molecule has 1 aromatic carbocycles. The van der Waals surface area contributed by atoms with E-state index in [1.54, 1.807) is 11.3 Å². The zero-order chi connectivity index (χ0) is 15.8. The van der Waals surface area contributed by atoms with E-state index in [0.717, 1.165) is 34.5 Å². The van der Waals surface area contributed by atoms with Crippen LogP contribution < -0.4 is 10.6 Å². The molecule has 22 heavy (non-hydrogen) atoms. The summed E-state index contributed by atoms with van der Waals surface area (Å²) in [7, 11) is 0. The van der Waals surface area contributed by atoms with E-state index in [-0.39, 0.29) is 11.8 Å². The summed E-state index contributed by atoms with van der Waals surface area (Å²) in [6.45, 7) is 2.68. The number of carbonyl (C=O) groups excluding carboxylic acids is 2. The Bertz CT molecular complexity index is 606. The number of hydrogen-bond acceptors (Lipinski definition) is 4. The zero-order valence-corrected chi connectivity index (χ0v) is 13.5. The molecular weight excluding hydrogens is 298 g/mol. The van der Waals surface area contributed by atoms with Gasteiger partial charge in [-0.1, -0.05) is 18.6 Å². The molecule has 1 aromatic heterocycles. The molecule has 2 aromatic rings. The number of benzene rings is 1. The van der Waals surface area contributed by atoms with Crippen molar-refractivity contribution >= 4 is 33.4 Å². The molecule has 5 nitrogen and oxygen atoms in total. The average Bonchev–Trinajstić information content (AvgIpc) is 2.91. The van der Waals surface area contributed by atoms with Gasteiger partial charge in [0.2, 0.25) is 11.8 Å². The second kappa shape index (κ2) is 8.48. The molecule has 0 unspecified atom stereocenters. The van der Waals surface area contributed by atoms with E-state index >= 15 is 0 Å². The number of amides is 2. The number of fused-ring (bicyclic) bond motifs is 1. The van der Waals surface area contributed by atoms with E-state index in [9.17, 15) is 9.59 Å². The molecule has 118 valence electrons. The van der Waals surface area contributed by atoms with E-state index in [2.05, 4.69) is 15.6 Å². The fraction of sp³-hybridized carbons (Fsp3) is 0.438. The lowest BCUT2D eigenvalue weighted by Gasteiger charge is -2.04. The first-order chi connectivity index (χ1) is 10.6. The quantitative estimate of drug-likeness (QED) is 0.735. The summed E-state index contributed by atoms with van der Waals surface area (Å²) in [5, 5.41) is 6.59. The van der Waals surface area contributed by atoms with Crippen molar-refractivity contribution in [3.8, 4) is 0 Å². The van der Waals surface area contributed by atoms with Gasteiger partial charge in [0.15, 0.2) is 0 Å². The first-order valence-electron chi connectivity index (χ1n) is 7.51. The van der Waals surface area contributed by atoms with Gasteiger partial charge >= 0.3 is 0 Å². The van der Waals surface area contributed by atoms with Crippen LogP contribution in [0.4, 0.5) is 0 Å². The summed E-state index contributed by atoms with van der Waals surface area (Å²) in [6, 6.07) is 7.97. The van der Waals surface area contributed by atoms with Crippen LogP contribution in [0.25, 0.3) is 10.2 Å². The number of rotatable bonds is 8. The van der Waals surface area contributed by atoms with Crippen LogP contribution in [0.3, 0.4) is 0 Å². The molecule has 2 amide bonds. The van der Waals surface area contributed by atoms with Crippen LogP contribution in [-0.2, 0) is 16.1 Å². The van der Waals surface area contributed by atoms with Crippen LogP contribution in [0.15, 0.2) is 24.3 Å². The maximum absolute atomic E-state index is 11.8. The summed E-state index contributed by atoms with van der Waals surface area (Å²) >= 11 is 1.61. The zero-order valence-electron chi connectivity index (χ0n) is 12.7. The second-order valence-electron chi connectivity index (χ2n) is 5.15. The Balaban J connectivity index is 1.62. The lowest BCUT2D eigenvalue weighted by Crippen LogP contribution is -2.23. The van der Waals surface area contributed by atoms with Gasteiger partial charge in [0.25, 0.3) is 0 Å². The molecule has 6 heteroatoms. The lowest BCUT2D eigenvalue weighted by molar-refractivity contribution is -0.121. The number of thiazole rings is 1. The third kappa shape index (κ3) is 5.44. The van der Waals surface area contributed by atoms with Gasteiger partial charge < -0.3 is 10.6 Å². The van der Waals surface area contributed by atoms with Crippen molar-refractivity contribution in [2.24, 2.45) is 0 Å². The summed E-state index contributed by atoms with van der Waals surface area (Å²) in [5.41, 5.74) is 0.981. The van der Waals surface area contributed by atoms with Crippen molar-refractivity contribution < 1.29 is 9.59 Å². The van der Waals surface area contributed by atoms with Crippen LogP contribution in [-0.4, -0.2) is 23.3 Å². The standard InChI is InChI=1S/C16H21N3O2S/c1-12(20)17-10-6-2-3-9-15(21)18-11-16-19-13-7-4-5-8-14(13)22-16/h4-5,7-8H,2-3,6,9-11H2,1H3,(H,17,20)(H,18,21). The number of carbonyl (C=O) groups is 2. The lowest BCUT2D eigenvalue weighted by atomic mass is 10.2. The number of nitrogens with zero attached hydrogens (tertiary/aromatic N) is 1. The first kappa shape index (κ1) is 16.4. The van der Waals surface area contributed by atoms with Gasteiger partial charge in [-0.25, -0.2) is 4.98 Å². The molecule has 0 atom stereocenters. The molecule has 0 fully saturated rings. The Hall–Kier alpha value is -1.95. The second-order valence-corrected chi connectivity index (χ2v) is 6.26. The van der Waals surface area contributed by atoms with Gasteiger partial charge in [0.05, 0.1) is 16.8 Å². The Kier molecular flexibility index (Phi) is 6.33. The average molecular weight is 319 g/mol. The molecule has 0 radical (unpaired) electrons. The number of unbranched alkanes of at least 4 members (excludes halogenated alkanes) is 2. The number of para-hydroxylation sites is 1. The molecule has 0 bridgehead atoms. The number of aromatic nitrogens is 1. The van der Waals surface area contributed by atoms with Gasteiger partial charge in [-0.3, -0.25) is 9.59 Å². The largest absolute Gasteiger partial charge is 0.356 e. The van der Waals surface area contributed by atoms with Crippen molar-refractivity contribution in [3.05, 3.63) is 29.3 Å². The highest BCUT2D eigenvalue weighted by molar-refractivity contribution is 7.18. The molecular formula is C16H21N3O2S. The van der Waals surface area contributed by atoms with Gasteiger partial charge in [-0.05, 0) is 25.0 Å². The minimum absolute atomic E-state index is 0.00595. The van der Waals surface area contributed by atoms with Crippen LogP contribution in [0.2, 0.25) is 0 Å². The summed E-state index contributed by atoms with van der Waals surface area (Å²) in [6.07, 6.45) is 3.20. The van der Waals surface area contributed by atoms with Crippen molar-refractivity contribution in [2.75, 3.05) is 6.54 Å². The molecule has 0 spiro atoms. The molecule has 1 heterocycles. The van der Waals surface area contributed by atoms with Crippen LogP contribution in [0.1, 0.15) is 37.6 Å². The normalized spacial score (nSPS) is 10.6. The minimum Gasteiger partial charge on any atom is -0.356 e. The smallest absolute Gasteiger partial charge is 0.220 e. The van der Waals surface area contributed by atoms with Gasteiger partial charge in [0.1, 0.15) is 5.01 Å². The molecule has 0 aliphatic carbocycles. The summed E-state index contributed by atoms with van der Waals surface area (Å²) in [4.78, 5) is 26.9. The predicted molar refractivity (Wildman–Crippen MR) is 88.6 cm³/mol. The van der Waals surface area contributed by atoms with Gasteiger partial charge in [-0.15, -0.1) is 11.3 Å². The van der Waals surface area contributed by atoms with Crippen molar-refractivity contribution in [2.45, 2.75) is 39.2 Å². The van der Waals surface area contributed by atoms with Gasteiger partial charge in [-0.2, -0.15) is 0 Å². The van der Waals surface area contributed by atoms with E-state index < -0.39 is 0 Å². The van der Waals surface area contributed by atoms with Crippen molar-refractivity contribution in [1.29, 1.82) is 0 Å². The van der Waals surface area contributed by atoms with Crippen molar-refractivity contribution in [3.63, 3.8) is 0 Å². The Labute approximate surface area is 134 Å². The van der Waals surface area contributed by atoms with Crippen LogP contribution in [0, 0.1) is 0 Å².